The number of carbonyl (C=O) groups excluding carboxylic acids is 3. The Kier molecular flexibility index (Phi) is 27.0. The second-order valence-electron chi connectivity index (χ2n) is 24.2. The number of cyclic esters (lactones) is 1. The highest BCUT2D eigenvalue weighted by molar-refractivity contribution is 7.90. The summed E-state index contributed by atoms with van der Waals surface area (Å²) in [6.45, 7) is 24.4. The summed E-state index contributed by atoms with van der Waals surface area (Å²) in [4.78, 5) is 50.9. The van der Waals surface area contributed by atoms with Gasteiger partial charge in [-0.1, -0.05) is 61.0 Å². The fraction of sp³-hybridized carbons (Fsp3) is 0.927. The van der Waals surface area contributed by atoms with Crippen molar-refractivity contribution in [3.05, 3.63) is 0 Å². The Hall–Kier alpha value is -2.70. The third-order valence-electron chi connectivity index (χ3n) is 15.8. The average molecular weight is 1190 g/mol. The van der Waals surface area contributed by atoms with Crippen LogP contribution in [0, 0.1) is 41.4 Å². The number of aliphatic hydroxyl groups excluding tert-OH is 2. The molecule has 4 N–H and O–H groups in total. The van der Waals surface area contributed by atoms with Crippen molar-refractivity contribution in [3.8, 4) is 0 Å². The van der Waals surface area contributed by atoms with Crippen molar-refractivity contribution in [1.82, 2.24) is 9.62 Å². The lowest BCUT2D eigenvalue weighted by atomic mass is 9.74. The van der Waals surface area contributed by atoms with Crippen LogP contribution < -0.4 is 4.72 Å². The topological polar surface area (TPSA) is 275 Å². The normalized spacial score (nSPS) is 39.5. The summed E-state index contributed by atoms with van der Waals surface area (Å²) in [5, 5.41) is 39.0. The molecule has 4 heterocycles. The molecule has 1 unspecified atom stereocenters. The van der Waals surface area contributed by atoms with Crippen LogP contribution in [0.15, 0.2) is 5.16 Å². The van der Waals surface area contributed by atoms with E-state index in [1.165, 1.54) is 42.1 Å². The van der Waals surface area contributed by atoms with Gasteiger partial charge in [0.1, 0.15) is 49.3 Å². The SMILES string of the molecule is C.CO/N=C1\C[C@@H](C)O[C@@H](O[C@@H]2[C@@H](C)[C@H](O[C@H]3CC(C)N(CC(C)(C)NS(=O)(=O)C(F)(F)F)C[C@H](C)O3)[C@@H](C)C(=O)O[C@H]([C@@H](C)CO[C@@H]3O[C@H](C)[C@@H](O)[C@@H](OC)[C@H]3OC)[C@H](C)[C@@H](OC(=O)CC(C)C)[C@@H](C)C(=O)[C@@](C)(O)C[C@@H]2C)[C@@H]1O. The van der Waals surface area contributed by atoms with Crippen molar-refractivity contribution in [2.45, 2.75) is 246 Å². The van der Waals surface area contributed by atoms with Crippen LogP contribution >= 0.6 is 0 Å². The number of nitrogens with one attached hydrogen (secondary N) is 1. The molecule has 0 bridgehead atoms. The minimum absolute atomic E-state index is 0. The number of carbonyl (C=O) groups is 3. The summed E-state index contributed by atoms with van der Waals surface area (Å²) in [6, 6.07) is -0.520. The van der Waals surface area contributed by atoms with Crippen molar-refractivity contribution in [3.63, 3.8) is 0 Å². The van der Waals surface area contributed by atoms with E-state index in [0.29, 0.717) is 0 Å². The summed E-state index contributed by atoms with van der Waals surface area (Å²) < 4.78 is 130. The number of rotatable bonds is 18. The molecule has 4 saturated heterocycles. The number of nitrogens with zero attached hydrogens (tertiary/aromatic N) is 2. The van der Waals surface area contributed by atoms with Gasteiger partial charge in [-0.05, 0) is 73.6 Å². The van der Waals surface area contributed by atoms with Crippen LogP contribution in [0.25, 0.3) is 0 Å². The monoisotopic (exact) mass is 1190 g/mol. The van der Waals surface area contributed by atoms with E-state index in [0.717, 1.165) is 0 Å². The highest BCUT2D eigenvalue weighted by Gasteiger charge is 2.52. The average Bonchev–Trinajstić information content (AvgIpc) is 3.49. The van der Waals surface area contributed by atoms with Crippen molar-refractivity contribution in [1.29, 1.82) is 0 Å². The summed E-state index contributed by atoms with van der Waals surface area (Å²) in [5.41, 5.74) is -9.07. The van der Waals surface area contributed by atoms with E-state index < -0.39 is 172 Å². The number of aliphatic hydroxyl groups is 3. The number of methoxy groups -OCH3 is 2. The predicted molar refractivity (Wildman–Crippen MR) is 290 cm³/mol. The maximum Gasteiger partial charge on any atom is 0.511 e. The van der Waals surface area contributed by atoms with E-state index >= 15 is 4.79 Å². The zero-order chi connectivity index (χ0) is 60.7. The number of esters is 2. The van der Waals surface area contributed by atoms with Crippen LogP contribution in [-0.4, -0.2) is 202 Å². The van der Waals surface area contributed by atoms with Gasteiger partial charge in [0.15, 0.2) is 24.7 Å². The predicted octanol–water partition coefficient (Wildman–Crippen LogP) is 5.50. The van der Waals surface area contributed by atoms with Crippen LogP contribution in [0.4, 0.5) is 13.2 Å². The van der Waals surface area contributed by atoms with Crippen molar-refractivity contribution < 1.29 is 103 Å². The highest BCUT2D eigenvalue weighted by atomic mass is 32.2. The summed E-state index contributed by atoms with van der Waals surface area (Å²) >= 11 is 0. The standard InChI is InChI=1S/C54H94F3N3O19S.CH4/c1-26(2)19-38(61)76-44-33(9)43(28(4)24-72-51-47(70-17)46(69-16)40(62)36(12)75-51)78-49(65)35(11)45(77-39-20-29(5)60(23-31(7)73-39)25-52(13,14)59-80(67,68)54(55,56)57)32(8)42(27(3)22-53(15,66)48(64)34(44)10)79-50-41(63)37(58-71-18)21-30(6)74-50;/h26-36,39-47,50-51,59,62-63,66H,19-25H2,1-18H3;1H4/b58-37+;/t27-,28-,29?,30+,31-,32+,33-,34+,35+,36+,39-,40+,41+,42-,43+,44+,45-,46+,47+,50-,51+,53-;/m0./s1. The molecular formula is C55H98F3N3O19S. The largest absolute Gasteiger partial charge is 0.511 e. The second kappa shape index (κ2) is 30.1. The number of sulfonamides is 1. The Morgan fingerprint density at radius 2 is 1.47 bits per heavy atom. The second-order valence-corrected chi connectivity index (χ2v) is 25.9. The highest BCUT2D eigenvalue weighted by Crippen LogP contribution is 2.40. The van der Waals surface area contributed by atoms with Crippen LogP contribution in [0.3, 0.4) is 0 Å². The first kappa shape index (κ1) is 72.6. The van der Waals surface area contributed by atoms with Crippen molar-refractivity contribution in [2.24, 2.45) is 46.6 Å². The Labute approximate surface area is 478 Å². The molecule has 0 amide bonds. The summed E-state index contributed by atoms with van der Waals surface area (Å²) in [5.74, 6) is -8.14. The maximum atomic E-state index is 15.3. The molecule has 0 saturated carbocycles. The minimum Gasteiger partial charge on any atom is -0.461 e. The van der Waals surface area contributed by atoms with E-state index in [4.69, 9.17) is 52.2 Å². The van der Waals surface area contributed by atoms with E-state index in [1.54, 1.807) is 78.9 Å². The van der Waals surface area contributed by atoms with Gasteiger partial charge in [0, 0.05) is 75.9 Å². The van der Waals surface area contributed by atoms with Gasteiger partial charge >= 0.3 is 27.5 Å². The third-order valence-corrected chi connectivity index (χ3v) is 17.2. The smallest absolute Gasteiger partial charge is 0.461 e. The molecule has 0 spiro atoms. The Bertz CT molecular complexity index is 2160. The molecule has 22 atom stereocenters. The lowest BCUT2D eigenvalue weighted by Gasteiger charge is -2.44. The number of Topliss-reactive ketones (excluding diaryl/α,β-unsaturated/α-hetero) is 1. The van der Waals surface area contributed by atoms with Crippen LogP contribution in [0.2, 0.25) is 0 Å². The van der Waals surface area contributed by atoms with Gasteiger partial charge in [-0.15, -0.1) is 0 Å². The molecule has 0 radical (unpaired) electrons. The number of ether oxygens (including phenoxy) is 10. The molecule has 4 rings (SSSR count). The van der Waals surface area contributed by atoms with Crippen molar-refractivity contribution >= 4 is 33.5 Å². The molecule has 0 aromatic carbocycles. The molecule has 4 fully saturated rings. The van der Waals surface area contributed by atoms with Gasteiger partial charge in [-0.3, -0.25) is 19.3 Å². The molecule has 4 aliphatic rings. The first-order chi connectivity index (χ1) is 36.9. The number of ketones is 1. The number of hydrogen-bond acceptors (Lipinski definition) is 21. The molecular weight excluding hydrogens is 1100 g/mol. The van der Waals surface area contributed by atoms with Gasteiger partial charge in [0.25, 0.3) is 0 Å². The fourth-order valence-electron chi connectivity index (χ4n) is 11.8. The van der Waals surface area contributed by atoms with Crippen molar-refractivity contribution in [2.75, 3.05) is 41.0 Å². The lowest BCUT2D eigenvalue weighted by Crippen LogP contribution is -2.59. The van der Waals surface area contributed by atoms with Crippen LogP contribution in [0.1, 0.15) is 137 Å². The molecule has 26 heteroatoms. The quantitative estimate of drug-likeness (QED) is 0.0974. The van der Waals surface area contributed by atoms with E-state index in [-0.39, 0.29) is 64.4 Å². The Morgan fingerprint density at radius 1 is 0.852 bits per heavy atom. The fourth-order valence-corrected chi connectivity index (χ4v) is 12.7. The molecule has 81 heavy (non-hydrogen) atoms. The minimum atomic E-state index is -5.72. The summed E-state index contributed by atoms with van der Waals surface area (Å²) in [6.07, 6.45) is -14.7. The Morgan fingerprint density at radius 3 is 2.04 bits per heavy atom. The zero-order valence-corrected chi connectivity index (χ0v) is 50.8. The maximum absolute atomic E-state index is 15.3. The molecule has 474 valence electrons. The first-order valence-corrected chi connectivity index (χ1v) is 29.3. The van der Waals surface area contributed by atoms with Gasteiger partial charge in [-0.2, -0.15) is 13.2 Å². The van der Waals surface area contributed by atoms with Gasteiger partial charge in [-0.25, -0.2) is 13.1 Å². The van der Waals surface area contributed by atoms with Gasteiger partial charge in [0.05, 0.1) is 54.7 Å². The number of halogens is 3. The molecule has 0 aliphatic carbocycles. The molecule has 0 aromatic heterocycles. The van der Waals surface area contributed by atoms with Gasteiger partial charge < -0.3 is 67.5 Å². The molecule has 0 aromatic rings. The van der Waals surface area contributed by atoms with Crippen LogP contribution in [-0.2, 0) is 76.6 Å². The molecule has 4 aliphatic heterocycles. The third kappa shape index (κ3) is 18.9. The summed E-state index contributed by atoms with van der Waals surface area (Å²) in [7, 11) is -1.56. The van der Waals surface area contributed by atoms with Crippen LogP contribution in [0.5, 0.6) is 0 Å². The molecule has 22 nitrogen and oxygen atoms in total. The number of oxime groups is 1. The van der Waals surface area contributed by atoms with E-state index in [9.17, 15) is 46.5 Å². The number of hydrogen-bond donors (Lipinski definition) is 4. The van der Waals surface area contributed by atoms with E-state index in [2.05, 4.69) is 5.16 Å². The van der Waals surface area contributed by atoms with E-state index in [1.807, 2.05) is 13.8 Å². The Balaban J connectivity index is 0.0000172. The first-order valence-electron chi connectivity index (χ1n) is 27.8. The number of alkyl halides is 3. The van der Waals surface area contributed by atoms with Gasteiger partial charge in [0.2, 0.25) is 0 Å². The lowest BCUT2D eigenvalue weighted by molar-refractivity contribution is -0.305. The zero-order valence-electron chi connectivity index (χ0n) is 50.0.